The van der Waals surface area contributed by atoms with E-state index in [1.54, 1.807) is 6.07 Å². The number of fused-ring (bicyclic) bond motifs is 1. The minimum atomic E-state index is 0.283. The fourth-order valence-electron chi connectivity index (χ4n) is 2.30. The van der Waals surface area contributed by atoms with Crippen molar-refractivity contribution in [2.24, 2.45) is 0 Å². The van der Waals surface area contributed by atoms with Crippen molar-refractivity contribution in [2.45, 2.75) is 11.8 Å². The summed E-state index contributed by atoms with van der Waals surface area (Å²) in [5.41, 5.74) is 3.66. The Kier molecular flexibility index (Phi) is 3.92. The van der Waals surface area contributed by atoms with Crippen LogP contribution < -0.4 is 5.32 Å². The van der Waals surface area contributed by atoms with E-state index < -0.39 is 0 Å². The van der Waals surface area contributed by atoms with E-state index in [1.807, 2.05) is 23.9 Å². The quantitative estimate of drug-likeness (QED) is 0.797. The molecule has 4 heteroatoms. The van der Waals surface area contributed by atoms with Crippen LogP contribution in [0.5, 0.6) is 0 Å². The Morgan fingerprint density at radius 3 is 2.79 bits per heavy atom. The van der Waals surface area contributed by atoms with Crippen molar-refractivity contribution in [3.8, 4) is 0 Å². The number of benzene rings is 2. The summed E-state index contributed by atoms with van der Waals surface area (Å²) in [5, 5.41) is 4.69. The van der Waals surface area contributed by atoms with Gasteiger partial charge >= 0.3 is 0 Å². The van der Waals surface area contributed by atoms with Gasteiger partial charge < -0.3 is 5.32 Å². The number of hydrogen-bond acceptors (Lipinski definition) is 2. The second-order valence-corrected chi connectivity index (χ2v) is 6.33. The number of rotatable bonds is 2. The average Bonchev–Trinajstić information content (AvgIpc) is 2.44. The fraction of sp³-hybridized carbons (Fsp3) is 0.200. The third-order valence-corrected chi connectivity index (χ3v) is 5.16. The van der Waals surface area contributed by atoms with Gasteiger partial charge in [-0.2, -0.15) is 11.8 Å². The number of hydrogen-bond donors (Lipinski definition) is 1. The molecule has 0 saturated carbocycles. The largest absolute Gasteiger partial charge is 0.376 e. The molecule has 0 aromatic heterocycles. The minimum absolute atomic E-state index is 0.283. The third kappa shape index (κ3) is 2.71. The van der Waals surface area contributed by atoms with Crippen LogP contribution in [0.4, 0.5) is 5.69 Å². The zero-order chi connectivity index (χ0) is 13.2. The molecule has 1 unspecified atom stereocenters. The van der Waals surface area contributed by atoms with Crippen molar-refractivity contribution in [1.82, 2.24) is 0 Å². The lowest BCUT2D eigenvalue weighted by Crippen LogP contribution is -2.18. The van der Waals surface area contributed by atoms with Crippen molar-refractivity contribution < 1.29 is 0 Å². The van der Waals surface area contributed by atoms with E-state index in [4.69, 9.17) is 23.2 Å². The lowest BCUT2D eigenvalue weighted by atomic mass is 10.0. The molecule has 1 N–H and O–H groups in total. The van der Waals surface area contributed by atoms with Crippen molar-refractivity contribution >= 4 is 40.7 Å². The molecule has 2 aromatic carbocycles. The first-order valence-electron chi connectivity index (χ1n) is 6.12. The van der Waals surface area contributed by atoms with Crippen LogP contribution in [-0.4, -0.2) is 5.75 Å². The standard InChI is InChI=1S/C15H13Cl2NS/c16-12-6-3-7-13(15(12)17)18-14-9-19-8-10-4-1-2-5-11(10)14/h1-7,14,18H,8-9H2. The lowest BCUT2D eigenvalue weighted by Gasteiger charge is -2.27. The van der Waals surface area contributed by atoms with Gasteiger partial charge in [-0.1, -0.05) is 53.5 Å². The Morgan fingerprint density at radius 2 is 1.89 bits per heavy atom. The maximum atomic E-state index is 6.24. The molecular weight excluding hydrogens is 297 g/mol. The first-order chi connectivity index (χ1) is 9.25. The Bertz CT molecular complexity index is 600. The molecule has 2 aromatic rings. The van der Waals surface area contributed by atoms with Crippen LogP contribution in [0.15, 0.2) is 42.5 Å². The molecule has 1 atom stereocenters. The van der Waals surface area contributed by atoms with Gasteiger partial charge in [-0.05, 0) is 23.3 Å². The smallest absolute Gasteiger partial charge is 0.0823 e. The predicted molar refractivity (Wildman–Crippen MR) is 85.4 cm³/mol. The van der Waals surface area contributed by atoms with E-state index in [1.165, 1.54) is 11.1 Å². The summed E-state index contributed by atoms with van der Waals surface area (Å²) >= 11 is 14.2. The second-order valence-electron chi connectivity index (χ2n) is 4.51. The zero-order valence-electron chi connectivity index (χ0n) is 10.2. The Balaban J connectivity index is 1.91. The van der Waals surface area contributed by atoms with E-state index in [0.717, 1.165) is 17.2 Å². The summed E-state index contributed by atoms with van der Waals surface area (Å²) in [7, 11) is 0. The van der Waals surface area contributed by atoms with E-state index in [9.17, 15) is 0 Å². The average molecular weight is 310 g/mol. The van der Waals surface area contributed by atoms with Gasteiger partial charge in [0, 0.05) is 11.5 Å². The maximum Gasteiger partial charge on any atom is 0.0823 e. The van der Waals surface area contributed by atoms with Gasteiger partial charge in [0.2, 0.25) is 0 Å². The highest BCUT2D eigenvalue weighted by Gasteiger charge is 2.20. The highest BCUT2D eigenvalue weighted by molar-refractivity contribution is 7.98. The van der Waals surface area contributed by atoms with Crippen LogP contribution in [-0.2, 0) is 5.75 Å². The maximum absolute atomic E-state index is 6.24. The lowest BCUT2D eigenvalue weighted by molar-refractivity contribution is 0.871. The van der Waals surface area contributed by atoms with Crippen LogP contribution in [0.25, 0.3) is 0 Å². The molecule has 1 heterocycles. The molecule has 0 spiro atoms. The summed E-state index contributed by atoms with van der Waals surface area (Å²) in [6, 6.07) is 14.5. The monoisotopic (exact) mass is 309 g/mol. The van der Waals surface area contributed by atoms with E-state index in [0.29, 0.717) is 10.0 Å². The van der Waals surface area contributed by atoms with Crippen molar-refractivity contribution in [3.05, 3.63) is 63.6 Å². The summed E-state index contributed by atoms with van der Waals surface area (Å²) in [4.78, 5) is 0. The number of thioether (sulfide) groups is 1. The molecule has 98 valence electrons. The van der Waals surface area contributed by atoms with E-state index in [2.05, 4.69) is 29.6 Å². The molecule has 1 aliphatic rings. The Hall–Kier alpha value is -0.830. The molecular formula is C15H13Cl2NS. The number of nitrogens with one attached hydrogen (secondary N) is 1. The number of anilines is 1. The summed E-state index contributed by atoms with van der Waals surface area (Å²) < 4.78 is 0. The number of halogens is 2. The second kappa shape index (κ2) is 5.66. The van der Waals surface area contributed by atoms with Crippen molar-refractivity contribution in [3.63, 3.8) is 0 Å². The molecule has 1 nitrogen and oxygen atoms in total. The zero-order valence-corrected chi connectivity index (χ0v) is 12.5. The summed E-state index contributed by atoms with van der Waals surface area (Å²) in [5.74, 6) is 2.12. The molecule has 0 amide bonds. The van der Waals surface area contributed by atoms with Gasteiger partial charge in [0.1, 0.15) is 0 Å². The molecule has 0 radical (unpaired) electrons. The van der Waals surface area contributed by atoms with E-state index >= 15 is 0 Å². The van der Waals surface area contributed by atoms with Gasteiger partial charge in [0.25, 0.3) is 0 Å². The van der Waals surface area contributed by atoms with Crippen LogP contribution in [0.3, 0.4) is 0 Å². The van der Waals surface area contributed by atoms with Crippen LogP contribution in [0.2, 0.25) is 10.0 Å². The molecule has 3 rings (SSSR count). The molecule has 0 aliphatic carbocycles. The molecule has 0 fully saturated rings. The Labute approximate surface area is 127 Å². The third-order valence-electron chi connectivity index (χ3n) is 3.25. The van der Waals surface area contributed by atoms with Crippen LogP contribution in [0, 0.1) is 0 Å². The molecule has 19 heavy (non-hydrogen) atoms. The summed E-state index contributed by atoms with van der Waals surface area (Å²) in [6.45, 7) is 0. The first-order valence-corrected chi connectivity index (χ1v) is 8.03. The fourth-order valence-corrected chi connectivity index (χ4v) is 3.76. The van der Waals surface area contributed by atoms with Gasteiger partial charge in [-0.3, -0.25) is 0 Å². The van der Waals surface area contributed by atoms with E-state index in [-0.39, 0.29) is 6.04 Å². The highest BCUT2D eigenvalue weighted by atomic mass is 35.5. The van der Waals surface area contributed by atoms with Gasteiger partial charge in [0.05, 0.1) is 21.8 Å². The summed E-state index contributed by atoms with van der Waals surface area (Å²) in [6.07, 6.45) is 0. The van der Waals surface area contributed by atoms with Crippen LogP contribution >= 0.6 is 35.0 Å². The molecule has 0 bridgehead atoms. The Morgan fingerprint density at radius 1 is 1.05 bits per heavy atom. The van der Waals surface area contributed by atoms with Gasteiger partial charge in [-0.15, -0.1) is 0 Å². The normalized spacial score (nSPS) is 17.9. The first kappa shape index (κ1) is 13.2. The predicted octanol–water partition coefficient (Wildman–Crippen LogP) is 5.39. The van der Waals surface area contributed by atoms with Crippen molar-refractivity contribution in [1.29, 1.82) is 0 Å². The van der Waals surface area contributed by atoms with Crippen molar-refractivity contribution in [2.75, 3.05) is 11.1 Å². The minimum Gasteiger partial charge on any atom is -0.376 e. The highest BCUT2D eigenvalue weighted by Crippen LogP contribution is 2.37. The topological polar surface area (TPSA) is 12.0 Å². The van der Waals surface area contributed by atoms with Gasteiger partial charge in [0.15, 0.2) is 0 Å². The molecule has 1 aliphatic heterocycles. The SMILES string of the molecule is Clc1cccc(NC2CSCc3ccccc32)c1Cl. The van der Waals surface area contributed by atoms with Crippen LogP contribution in [0.1, 0.15) is 17.2 Å². The van der Waals surface area contributed by atoms with Gasteiger partial charge in [-0.25, -0.2) is 0 Å². The molecule has 0 saturated heterocycles.